The van der Waals surface area contributed by atoms with Crippen LogP contribution in [0.3, 0.4) is 0 Å². The third-order valence-electron chi connectivity index (χ3n) is 4.04. The van der Waals surface area contributed by atoms with Gasteiger partial charge in [-0.3, -0.25) is 0 Å². The van der Waals surface area contributed by atoms with E-state index in [1.165, 1.54) is 5.56 Å². The second-order valence-corrected chi connectivity index (χ2v) is 6.14. The first kappa shape index (κ1) is 14.9. The number of carbonyl (C=O) groups is 1. The summed E-state index contributed by atoms with van der Waals surface area (Å²) < 4.78 is 0. The van der Waals surface area contributed by atoms with Crippen LogP contribution in [-0.2, 0) is 12.0 Å². The number of hydrogen-bond donors (Lipinski definition) is 2. The van der Waals surface area contributed by atoms with E-state index in [2.05, 4.69) is 22.8 Å². The first-order chi connectivity index (χ1) is 10.7. The maximum absolute atomic E-state index is 12.1. The largest absolute Gasteiger partial charge is 0.338 e. The van der Waals surface area contributed by atoms with E-state index in [1.54, 1.807) is 0 Å². The average Bonchev–Trinajstić information content (AvgIpc) is 3.29. The molecule has 1 aliphatic rings. The zero-order valence-electron chi connectivity index (χ0n) is 12.3. The van der Waals surface area contributed by atoms with Crippen molar-refractivity contribution in [2.45, 2.75) is 24.8 Å². The van der Waals surface area contributed by atoms with Gasteiger partial charge in [-0.2, -0.15) is 0 Å². The van der Waals surface area contributed by atoms with Crippen LogP contribution in [0.1, 0.15) is 24.0 Å². The Labute approximate surface area is 135 Å². The van der Waals surface area contributed by atoms with Gasteiger partial charge in [0.1, 0.15) is 0 Å². The highest BCUT2D eigenvalue weighted by molar-refractivity contribution is 6.30. The number of urea groups is 1. The third kappa shape index (κ3) is 3.60. The lowest BCUT2D eigenvalue weighted by atomic mass is 10.1. The van der Waals surface area contributed by atoms with Gasteiger partial charge in [0.25, 0.3) is 0 Å². The lowest BCUT2D eigenvalue weighted by molar-refractivity contribution is 0.236. The fourth-order valence-electron chi connectivity index (χ4n) is 2.61. The van der Waals surface area contributed by atoms with Crippen LogP contribution >= 0.6 is 11.6 Å². The molecule has 0 bridgehead atoms. The van der Waals surface area contributed by atoms with E-state index in [-0.39, 0.29) is 11.6 Å². The van der Waals surface area contributed by atoms with E-state index in [0.29, 0.717) is 11.6 Å². The standard InChI is InChI=1S/C18H19ClN2O/c19-16-8-6-15(7-9-16)18(11-12-18)21-17(22)20-13-10-14-4-2-1-3-5-14/h1-9H,10-13H2,(H2,20,21,22). The summed E-state index contributed by atoms with van der Waals surface area (Å²) in [6, 6.07) is 17.7. The summed E-state index contributed by atoms with van der Waals surface area (Å²) in [5.74, 6) is 0. The Balaban J connectivity index is 1.50. The molecule has 3 rings (SSSR count). The molecule has 0 spiro atoms. The van der Waals surface area contributed by atoms with Gasteiger partial charge in [-0.15, -0.1) is 0 Å². The van der Waals surface area contributed by atoms with Gasteiger partial charge in [-0.25, -0.2) is 4.79 Å². The Morgan fingerprint density at radius 2 is 1.73 bits per heavy atom. The Kier molecular flexibility index (Phi) is 4.34. The number of rotatable bonds is 5. The molecule has 4 heteroatoms. The second kappa shape index (κ2) is 6.41. The summed E-state index contributed by atoms with van der Waals surface area (Å²) in [6.45, 7) is 0.631. The Bertz CT molecular complexity index is 636. The number of amides is 2. The summed E-state index contributed by atoms with van der Waals surface area (Å²) in [6.07, 6.45) is 2.78. The normalized spacial score (nSPS) is 15.1. The van der Waals surface area contributed by atoms with E-state index >= 15 is 0 Å². The van der Waals surface area contributed by atoms with Gasteiger partial charge in [-0.05, 0) is 42.5 Å². The summed E-state index contributed by atoms with van der Waals surface area (Å²) >= 11 is 5.91. The van der Waals surface area contributed by atoms with Crippen molar-refractivity contribution in [1.82, 2.24) is 10.6 Å². The SMILES string of the molecule is O=C(NCCc1ccccc1)NC1(c2ccc(Cl)cc2)CC1. The molecule has 0 saturated heterocycles. The van der Waals surface area contributed by atoms with Crippen LogP contribution in [0.15, 0.2) is 54.6 Å². The second-order valence-electron chi connectivity index (χ2n) is 5.71. The van der Waals surface area contributed by atoms with E-state index in [4.69, 9.17) is 11.6 Å². The lowest BCUT2D eigenvalue weighted by Gasteiger charge is -2.18. The Morgan fingerprint density at radius 3 is 2.36 bits per heavy atom. The van der Waals surface area contributed by atoms with Crippen molar-refractivity contribution in [2.24, 2.45) is 0 Å². The third-order valence-corrected chi connectivity index (χ3v) is 4.29. The molecule has 2 aromatic rings. The molecular formula is C18H19ClN2O. The van der Waals surface area contributed by atoms with Gasteiger partial charge < -0.3 is 10.6 Å². The first-order valence-electron chi connectivity index (χ1n) is 7.54. The maximum atomic E-state index is 12.1. The van der Waals surface area contributed by atoms with Crippen LogP contribution in [0.5, 0.6) is 0 Å². The molecule has 2 N–H and O–H groups in total. The molecule has 1 saturated carbocycles. The van der Waals surface area contributed by atoms with Crippen molar-refractivity contribution >= 4 is 17.6 Å². The molecule has 1 aliphatic carbocycles. The minimum atomic E-state index is -0.207. The first-order valence-corrected chi connectivity index (χ1v) is 7.92. The summed E-state index contributed by atoms with van der Waals surface area (Å²) in [7, 11) is 0. The fourth-order valence-corrected chi connectivity index (χ4v) is 2.73. The van der Waals surface area contributed by atoms with Gasteiger partial charge in [0.2, 0.25) is 0 Å². The highest BCUT2D eigenvalue weighted by Crippen LogP contribution is 2.45. The van der Waals surface area contributed by atoms with Crippen molar-refractivity contribution in [3.8, 4) is 0 Å². The number of carbonyl (C=O) groups excluding carboxylic acids is 1. The zero-order valence-corrected chi connectivity index (χ0v) is 13.1. The summed E-state index contributed by atoms with van der Waals surface area (Å²) in [4.78, 5) is 12.1. The predicted molar refractivity (Wildman–Crippen MR) is 89.0 cm³/mol. The van der Waals surface area contributed by atoms with Crippen LogP contribution < -0.4 is 10.6 Å². The molecule has 114 valence electrons. The van der Waals surface area contributed by atoms with Crippen LogP contribution in [0.25, 0.3) is 0 Å². The molecule has 2 amide bonds. The van der Waals surface area contributed by atoms with Crippen molar-refractivity contribution in [1.29, 1.82) is 0 Å². The summed E-state index contributed by atoms with van der Waals surface area (Å²) in [5.41, 5.74) is 2.14. The lowest BCUT2D eigenvalue weighted by Crippen LogP contribution is -2.42. The summed E-state index contributed by atoms with van der Waals surface area (Å²) in [5, 5.41) is 6.74. The number of benzene rings is 2. The minimum absolute atomic E-state index is 0.108. The maximum Gasteiger partial charge on any atom is 0.315 e. The van der Waals surface area contributed by atoms with E-state index in [9.17, 15) is 4.79 Å². The number of nitrogens with one attached hydrogen (secondary N) is 2. The van der Waals surface area contributed by atoms with Crippen LogP contribution in [-0.4, -0.2) is 12.6 Å². The predicted octanol–water partition coefficient (Wildman–Crippen LogP) is 3.87. The minimum Gasteiger partial charge on any atom is -0.338 e. The molecule has 0 radical (unpaired) electrons. The highest BCUT2D eigenvalue weighted by atomic mass is 35.5. The molecule has 0 unspecified atom stereocenters. The Morgan fingerprint density at radius 1 is 1.05 bits per heavy atom. The smallest absolute Gasteiger partial charge is 0.315 e. The van der Waals surface area contributed by atoms with Crippen molar-refractivity contribution < 1.29 is 4.79 Å². The monoisotopic (exact) mass is 314 g/mol. The van der Waals surface area contributed by atoms with Gasteiger partial charge >= 0.3 is 6.03 Å². The number of hydrogen-bond acceptors (Lipinski definition) is 1. The zero-order chi connectivity index (χ0) is 15.4. The van der Waals surface area contributed by atoms with Crippen molar-refractivity contribution in [3.05, 3.63) is 70.7 Å². The molecule has 0 aliphatic heterocycles. The van der Waals surface area contributed by atoms with Gasteiger partial charge in [0, 0.05) is 11.6 Å². The number of halogens is 1. The van der Waals surface area contributed by atoms with Gasteiger partial charge in [-0.1, -0.05) is 54.1 Å². The highest BCUT2D eigenvalue weighted by Gasteiger charge is 2.45. The topological polar surface area (TPSA) is 41.1 Å². The van der Waals surface area contributed by atoms with Crippen LogP contribution in [0, 0.1) is 0 Å². The molecule has 0 aromatic heterocycles. The quantitative estimate of drug-likeness (QED) is 0.864. The van der Waals surface area contributed by atoms with Crippen LogP contribution in [0.2, 0.25) is 5.02 Å². The van der Waals surface area contributed by atoms with Gasteiger partial charge in [0.15, 0.2) is 0 Å². The van der Waals surface area contributed by atoms with Crippen LogP contribution in [0.4, 0.5) is 4.79 Å². The molecule has 0 atom stereocenters. The Hall–Kier alpha value is -2.00. The average molecular weight is 315 g/mol. The van der Waals surface area contributed by atoms with E-state index in [1.807, 2.05) is 42.5 Å². The van der Waals surface area contributed by atoms with Crippen molar-refractivity contribution in [3.63, 3.8) is 0 Å². The molecular weight excluding hydrogens is 296 g/mol. The van der Waals surface area contributed by atoms with Crippen molar-refractivity contribution in [2.75, 3.05) is 6.54 Å². The molecule has 2 aromatic carbocycles. The van der Waals surface area contributed by atoms with Gasteiger partial charge in [0.05, 0.1) is 5.54 Å². The van der Waals surface area contributed by atoms with E-state index in [0.717, 1.165) is 24.8 Å². The molecule has 0 heterocycles. The fraction of sp³-hybridized carbons (Fsp3) is 0.278. The molecule has 3 nitrogen and oxygen atoms in total. The van der Waals surface area contributed by atoms with E-state index < -0.39 is 0 Å². The molecule has 22 heavy (non-hydrogen) atoms. The molecule has 1 fully saturated rings.